The Morgan fingerprint density at radius 2 is 1.82 bits per heavy atom. The molecule has 1 unspecified atom stereocenters. The number of likely N-dealkylation sites (tertiary alicyclic amines) is 1. The Morgan fingerprint density at radius 1 is 1.09 bits per heavy atom. The van der Waals surface area contributed by atoms with Crippen LogP contribution in [0, 0.1) is 5.92 Å². The third-order valence-corrected chi connectivity index (χ3v) is 7.91. The third-order valence-electron chi connectivity index (χ3n) is 6.53. The van der Waals surface area contributed by atoms with E-state index in [1.54, 1.807) is 18.2 Å². The minimum Gasteiger partial charge on any atom is -0.367 e. The lowest BCUT2D eigenvalue weighted by Gasteiger charge is -2.33. The molecule has 8 heteroatoms. The Bertz CT molecular complexity index is 1080. The normalized spacial score (nSPS) is 19.4. The molecule has 2 N–H and O–H groups in total. The number of carbonyl (C=O) groups excluding carboxylic acids is 1. The first-order valence-corrected chi connectivity index (χ1v) is 13.4. The molecular formula is C25H34N4O3S. The van der Waals surface area contributed by atoms with Gasteiger partial charge in [-0.2, -0.15) is 0 Å². The van der Waals surface area contributed by atoms with Crippen molar-refractivity contribution in [1.29, 1.82) is 0 Å². The van der Waals surface area contributed by atoms with Gasteiger partial charge in [0.25, 0.3) is 15.9 Å². The number of anilines is 2. The Kier molecular flexibility index (Phi) is 7.24. The highest BCUT2D eigenvalue weighted by molar-refractivity contribution is 7.92. The molecule has 1 atom stereocenters. The molecule has 2 fully saturated rings. The van der Waals surface area contributed by atoms with Crippen molar-refractivity contribution in [3.8, 4) is 0 Å². The molecule has 2 heterocycles. The Hall–Kier alpha value is -2.58. The molecule has 178 valence electrons. The van der Waals surface area contributed by atoms with Gasteiger partial charge in [-0.3, -0.25) is 9.52 Å². The molecule has 7 nitrogen and oxygen atoms in total. The first-order valence-electron chi connectivity index (χ1n) is 11.9. The predicted molar refractivity (Wildman–Crippen MR) is 132 cm³/mol. The van der Waals surface area contributed by atoms with Gasteiger partial charge >= 0.3 is 0 Å². The van der Waals surface area contributed by atoms with E-state index in [1.807, 2.05) is 36.1 Å². The fourth-order valence-electron chi connectivity index (χ4n) is 4.60. The van der Waals surface area contributed by atoms with E-state index in [0.717, 1.165) is 69.8 Å². The second-order valence-electron chi connectivity index (χ2n) is 9.07. The summed E-state index contributed by atoms with van der Waals surface area (Å²) in [6.07, 6.45) is 2.98. The van der Waals surface area contributed by atoms with Gasteiger partial charge in [0.2, 0.25) is 0 Å². The number of hydrogen-bond donors (Lipinski definition) is 2. The van der Waals surface area contributed by atoms with E-state index in [2.05, 4.69) is 21.9 Å². The number of aryl methyl sites for hydroxylation is 1. The molecule has 4 rings (SSSR count). The highest BCUT2D eigenvalue weighted by Gasteiger charge is 2.25. The van der Waals surface area contributed by atoms with Gasteiger partial charge in [0.15, 0.2) is 0 Å². The van der Waals surface area contributed by atoms with Crippen LogP contribution in [0.25, 0.3) is 0 Å². The highest BCUT2D eigenvalue weighted by atomic mass is 32.2. The fraction of sp³-hybridized carbons (Fsp3) is 0.480. The van der Waals surface area contributed by atoms with Crippen LogP contribution in [0.4, 0.5) is 11.4 Å². The minimum atomic E-state index is -3.79. The zero-order valence-corrected chi connectivity index (χ0v) is 20.3. The van der Waals surface area contributed by atoms with Crippen LogP contribution in [-0.4, -0.2) is 58.5 Å². The smallest absolute Gasteiger partial charge is 0.261 e. The second-order valence-corrected chi connectivity index (χ2v) is 10.8. The molecule has 2 aromatic rings. The van der Waals surface area contributed by atoms with Crippen molar-refractivity contribution >= 4 is 27.3 Å². The Morgan fingerprint density at radius 3 is 2.48 bits per heavy atom. The van der Waals surface area contributed by atoms with E-state index in [9.17, 15) is 13.2 Å². The Balaban J connectivity index is 1.66. The van der Waals surface area contributed by atoms with Crippen molar-refractivity contribution in [1.82, 2.24) is 10.2 Å². The van der Waals surface area contributed by atoms with Crippen molar-refractivity contribution in [2.75, 3.05) is 48.9 Å². The first-order chi connectivity index (χ1) is 15.9. The van der Waals surface area contributed by atoms with Crippen LogP contribution >= 0.6 is 0 Å². The van der Waals surface area contributed by atoms with Crippen molar-refractivity contribution in [3.05, 3.63) is 53.6 Å². The number of hydrogen-bond acceptors (Lipinski definition) is 5. The third kappa shape index (κ3) is 5.50. The molecule has 2 saturated heterocycles. The highest BCUT2D eigenvalue weighted by Crippen LogP contribution is 2.31. The van der Waals surface area contributed by atoms with E-state index >= 15 is 0 Å². The lowest BCUT2D eigenvalue weighted by Crippen LogP contribution is -2.44. The Labute approximate surface area is 197 Å². The number of carbonyl (C=O) groups is 1. The van der Waals surface area contributed by atoms with Crippen molar-refractivity contribution in [2.24, 2.45) is 5.92 Å². The lowest BCUT2D eigenvalue weighted by atomic mass is 9.99. The molecule has 2 aromatic carbocycles. The monoisotopic (exact) mass is 470 g/mol. The van der Waals surface area contributed by atoms with Gasteiger partial charge in [-0.05, 0) is 61.1 Å². The maximum absolute atomic E-state index is 13.2. The second kappa shape index (κ2) is 10.1. The number of rotatable bonds is 6. The number of nitrogens with zero attached hydrogens (tertiary/aromatic N) is 2. The van der Waals surface area contributed by atoms with Gasteiger partial charge in [-0.25, -0.2) is 8.42 Å². The van der Waals surface area contributed by atoms with E-state index in [4.69, 9.17) is 0 Å². The molecule has 2 aliphatic rings. The van der Waals surface area contributed by atoms with Crippen LogP contribution in [0.2, 0.25) is 0 Å². The maximum Gasteiger partial charge on any atom is 0.261 e. The molecule has 0 spiro atoms. The summed E-state index contributed by atoms with van der Waals surface area (Å²) in [5, 5.41) is 3.32. The van der Waals surface area contributed by atoms with Gasteiger partial charge in [-0.1, -0.05) is 26.0 Å². The van der Waals surface area contributed by atoms with Crippen LogP contribution in [0.3, 0.4) is 0 Å². The van der Waals surface area contributed by atoms with Gasteiger partial charge < -0.3 is 15.1 Å². The summed E-state index contributed by atoms with van der Waals surface area (Å²) in [6.45, 7) is 8.89. The van der Waals surface area contributed by atoms with Gasteiger partial charge in [0.1, 0.15) is 0 Å². The summed E-state index contributed by atoms with van der Waals surface area (Å²) in [5.74, 6) is 0.438. The standard InChI is InChI=1S/C25H34N4O3S/c1-3-20-6-9-22(10-7-20)33(31,32)27-23-17-21(25(30)29-14-4-5-19(2)18-29)8-11-24(23)28-15-12-26-13-16-28/h6-11,17,19,26-27H,3-5,12-16,18H2,1-2H3. The lowest BCUT2D eigenvalue weighted by molar-refractivity contribution is 0.0683. The largest absolute Gasteiger partial charge is 0.367 e. The summed E-state index contributed by atoms with van der Waals surface area (Å²) >= 11 is 0. The van der Waals surface area contributed by atoms with Crippen LogP contribution < -0.4 is 14.9 Å². The number of benzene rings is 2. The van der Waals surface area contributed by atoms with E-state index < -0.39 is 10.0 Å². The van der Waals surface area contributed by atoms with Crippen LogP contribution in [0.5, 0.6) is 0 Å². The number of amides is 1. The minimum absolute atomic E-state index is 0.0406. The molecule has 0 aromatic heterocycles. The zero-order valence-electron chi connectivity index (χ0n) is 19.5. The molecule has 33 heavy (non-hydrogen) atoms. The van der Waals surface area contributed by atoms with Crippen molar-refractivity contribution in [2.45, 2.75) is 38.0 Å². The van der Waals surface area contributed by atoms with Gasteiger partial charge in [0.05, 0.1) is 16.3 Å². The van der Waals surface area contributed by atoms with Crippen molar-refractivity contribution in [3.63, 3.8) is 0 Å². The van der Waals surface area contributed by atoms with E-state index in [0.29, 0.717) is 17.2 Å². The summed E-state index contributed by atoms with van der Waals surface area (Å²) < 4.78 is 29.2. The van der Waals surface area contributed by atoms with Crippen molar-refractivity contribution < 1.29 is 13.2 Å². The average Bonchev–Trinajstić information content (AvgIpc) is 2.84. The maximum atomic E-state index is 13.2. The molecule has 1 amide bonds. The number of piperidine rings is 1. The molecule has 0 radical (unpaired) electrons. The topological polar surface area (TPSA) is 81.8 Å². The van der Waals surface area contributed by atoms with Crippen LogP contribution in [-0.2, 0) is 16.4 Å². The number of nitrogens with one attached hydrogen (secondary N) is 2. The fourth-order valence-corrected chi connectivity index (χ4v) is 5.66. The summed E-state index contributed by atoms with van der Waals surface area (Å²) in [7, 11) is -3.79. The van der Waals surface area contributed by atoms with Crippen LogP contribution in [0.1, 0.15) is 42.6 Å². The number of sulfonamides is 1. The molecule has 0 bridgehead atoms. The van der Waals surface area contributed by atoms with E-state index in [1.165, 1.54) is 0 Å². The van der Waals surface area contributed by atoms with Gasteiger partial charge in [-0.15, -0.1) is 0 Å². The molecule has 0 aliphatic carbocycles. The molecule has 0 saturated carbocycles. The SMILES string of the molecule is CCc1ccc(S(=O)(=O)Nc2cc(C(=O)N3CCCC(C)C3)ccc2N2CCNCC2)cc1. The molecular weight excluding hydrogens is 436 g/mol. The summed E-state index contributed by atoms with van der Waals surface area (Å²) in [6, 6.07) is 12.4. The number of piperazine rings is 1. The average molecular weight is 471 g/mol. The summed E-state index contributed by atoms with van der Waals surface area (Å²) in [4.78, 5) is 17.5. The quantitative estimate of drug-likeness (QED) is 0.677. The van der Waals surface area contributed by atoms with Gasteiger partial charge in [0, 0.05) is 44.8 Å². The van der Waals surface area contributed by atoms with Crippen LogP contribution in [0.15, 0.2) is 47.4 Å². The molecule has 2 aliphatic heterocycles. The predicted octanol–water partition coefficient (Wildman–Crippen LogP) is 3.33. The zero-order chi connectivity index (χ0) is 23.4. The summed E-state index contributed by atoms with van der Waals surface area (Å²) in [5.41, 5.74) is 2.85. The van der Waals surface area contributed by atoms with E-state index in [-0.39, 0.29) is 10.8 Å². The first kappa shape index (κ1) is 23.6.